The van der Waals surface area contributed by atoms with Crippen LogP contribution in [0.15, 0.2) is 0 Å². The third kappa shape index (κ3) is 10.4. The van der Waals surface area contributed by atoms with Crippen LogP contribution in [0.1, 0.15) is 20.3 Å². The van der Waals surface area contributed by atoms with Crippen LogP contribution >= 0.6 is 0 Å². The lowest BCUT2D eigenvalue weighted by molar-refractivity contribution is -0.138. The van der Waals surface area contributed by atoms with Crippen LogP contribution in [0, 0.1) is 0 Å². The van der Waals surface area contributed by atoms with Crippen LogP contribution in [0.2, 0.25) is 0 Å². The van der Waals surface area contributed by atoms with Gasteiger partial charge in [-0.25, -0.2) is 0 Å². The van der Waals surface area contributed by atoms with Gasteiger partial charge in [-0.15, -0.1) is 0 Å². The van der Waals surface area contributed by atoms with Crippen LogP contribution in [0.25, 0.3) is 0 Å². The van der Waals surface area contributed by atoms with Crippen LogP contribution < -0.4 is 5.73 Å². The summed E-state index contributed by atoms with van der Waals surface area (Å²) in [4.78, 5) is 9.81. The fourth-order valence-corrected chi connectivity index (χ4v) is 0.175. The minimum Gasteiger partial charge on any atom is -0.480 e. The summed E-state index contributed by atoms with van der Waals surface area (Å²) in [6, 6.07) is -0.681. The zero-order chi connectivity index (χ0) is 8.57. The van der Waals surface area contributed by atoms with Crippen LogP contribution in [-0.4, -0.2) is 28.8 Å². The highest BCUT2D eigenvalue weighted by atomic mass is 16.4. The molecule has 0 aromatic heterocycles. The first-order valence-corrected chi connectivity index (χ1v) is 3.19. The van der Waals surface area contributed by atoms with Gasteiger partial charge >= 0.3 is 5.97 Å². The fourth-order valence-electron chi connectivity index (χ4n) is 0.175. The predicted octanol–water partition coefficient (Wildman–Crippen LogP) is -0.193. The molecule has 0 saturated carbocycles. The van der Waals surface area contributed by atoms with Gasteiger partial charge in [-0.05, 0) is 13.3 Å². The number of nitrogens with two attached hydrogens (primary N) is 1. The van der Waals surface area contributed by atoms with E-state index in [1.807, 2.05) is 0 Å². The molecule has 0 spiro atoms. The van der Waals surface area contributed by atoms with Gasteiger partial charge in [0.25, 0.3) is 0 Å². The zero-order valence-electron chi connectivity index (χ0n) is 6.37. The van der Waals surface area contributed by atoms with Gasteiger partial charge < -0.3 is 15.9 Å². The maximum absolute atomic E-state index is 9.81. The zero-order valence-corrected chi connectivity index (χ0v) is 6.37. The second-order valence-electron chi connectivity index (χ2n) is 1.67. The normalized spacial score (nSPS) is 11.2. The van der Waals surface area contributed by atoms with E-state index in [9.17, 15) is 4.79 Å². The number of aliphatic hydroxyl groups is 1. The molecule has 0 radical (unpaired) electrons. The number of carbonyl (C=O) groups is 1. The van der Waals surface area contributed by atoms with E-state index >= 15 is 0 Å². The second kappa shape index (κ2) is 8.39. The van der Waals surface area contributed by atoms with E-state index < -0.39 is 12.0 Å². The molecule has 0 amide bonds. The van der Waals surface area contributed by atoms with Crippen LogP contribution in [0.5, 0.6) is 0 Å². The van der Waals surface area contributed by atoms with E-state index in [2.05, 4.69) is 0 Å². The molecule has 0 aliphatic heterocycles. The van der Waals surface area contributed by atoms with Crippen molar-refractivity contribution < 1.29 is 15.0 Å². The summed E-state index contributed by atoms with van der Waals surface area (Å²) in [5.74, 6) is -0.928. The maximum atomic E-state index is 9.81. The Morgan fingerprint density at radius 1 is 1.60 bits per heavy atom. The summed E-state index contributed by atoms with van der Waals surface area (Å²) in [7, 11) is 0. The minimum atomic E-state index is -0.928. The van der Waals surface area contributed by atoms with Crippen molar-refractivity contribution in [3.63, 3.8) is 0 Å². The van der Waals surface area contributed by atoms with Crippen molar-refractivity contribution >= 4 is 5.97 Å². The molecule has 4 heteroatoms. The monoisotopic (exact) mass is 149 g/mol. The molecule has 0 fully saturated rings. The van der Waals surface area contributed by atoms with Crippen molar-refractivity contribution in [2.24, 2.45) is 5.73 Å². The van der Waals surface area contributed by atoms with E-state index in [0.29, 0.717) is 6.42 Å². The van der Waals surface area contributed by atoms with Crippen molar-refractivity contribution in [2.45, 2.75) is 26.3 Å². The lowest BCUT2D eigenvalue weighted by Crippen LogP contribution is -2.28. The van der Waals surface area contributed by atoms with Gasteiger partial charge in [0.05, 0.1) is 0 Å². The summed E-state index contributed by atoms with van der Waals surface area (Å²) in [6.07, 6.45) is 0.495. The van der Waals surface area contributed by atoms with Crippen molar-refractivity contribution in [3.8, 4) is 0 Å². The molecular weight excluding hydrogens is 134 g/mol. The molecule has 0 aliphatic carbocycles. The lowest BCUT2D eigenvalue weighted by Gasteiger charge is -1.97. The Labute approximate surface area is 60.7 Å². The first kappa shape index (κ1) is 12.1. The maximum Gasteiger partial charge on any atom is 0.320 e. The van der Waals surface area contributed by atoms with Gasteiger partial charge in [0.15, 0.2) is 0 Å². The van der Waals surface area contributed by atoms with Crippen LogP contribution in [0.4, 0.5) is 0 Å². The SMILES string of the molecule is CCC(N)C(=O)O.CCO. The number of hydrogen-bond donors (Lipinski definition) is 3. The highest BCUT2D eigenvalue weighted by Crippen LogP contribution is 1.82. The molecule has 4 nitrogen and oxygen atoms in total. The highest BCUT2D eigenvalue weighted by molar-refractivity contribution is 5.72. The smallest absolute Gasteiger partial charge is 0.320 e. The Bertz CT molecular complexity index is 85.1. The molecule has 0 aromatic carbocycles. The summed E-state index contributed by atoms with van der Waals surface area (Å²) >= 11 is 0. The topological polar surface area (TPSA) is 83.6 Å². The standard InChI is InChI=1S/C4H9NO2.C2H6O/c1-2-3(5)4(6)7;1-2-3/h3H,2,5H2,1H3,(H,6,7);3H,2H2,1H3. The molecule has 0 bridgehead atoms. The number of carboxylic acid groups (broad SMARTS) is 1. The summed E-state index contributed by atoms with van der Waals surface area (Å²) < 4.78 is 0. The molecule has 1 unspecified atom stereocenters. The molecule has 0 heterocycles. The van der Waals surface area contributed by atoms with Crippen molar-refractivity contribution in [1.82, 2.24) is 0 Å². The number of hydrogen-bond acceptors (Lipinski definition) is 3. The number of aliphatic hydroxyl groups excluding tert-OH is 1. The van der Waals surface area contributed by atoms with E-state index in [-0.39, 0.29) is 6.61 Å². The lowest BCUT2D eigenvalue weighted by atomic mass is 10.2. The predicted molar refractivity (Wildman–Crippen MR) is 38.7 cm³/mol. The average Bonchev–Trinajstić information content (AvgIpc) is 1.88. The molecule has 0 aromatic rings. The summed E-state index contributed by atoms with van der Waals surface area (Å²) in [6.45, 7) is 3.67. The molecule has 0 aliphatic rings. The third-order valence-corrected chi connectivity index (χ3v) is 0.757. The minimum absolute atomic E-state index is 0.250. The Balaban J connectivity index is 0. The third-order valence-electron chi connectivity index (χ3n) is 0.757. The van der Waals surface area contributed by atoms with E-state index in [0.717, 1.165) is 0 Å². The van der Waals surface area contributed by atoms with Gasteiger partial charge in [-0.3, -0.25) is 4.79 Å². The molecule has 0 saturated heterocycles. The summed E-state index contributed by atoms with van der Waals surface area (Å²) in [5.41, 5.74) is 5.02. The van der Waals surface area contributed by atoms with Gasteiger partial charge in [0, 0.05) is 6.61 Å². The Hall–Kier alpha value is -0.610. The van der Waals surface area contributed by atoms with E-state index in [4.69, 9.17) is 15.9 Å². The largest absolute Gasteiger partial charge is 0.480 e. The Morgan fingerprint density at radius 3 is 1.90 bits per heavy atom. The van der Waals surface area contributed by atoms with Crippen molar-refractivity contribution in [1.29, 1.82) is 0 Å². The number of rotatable bonds is 2. The molecular formula is C6H15NO3. The first-order valence-electron chi connectivity index (χ1n) is 3.19. The summed E-state index contributed by atoms with van der Waals surface area (Å²) in [5, 5.41) is 15.6. The van der Waals surface area contributed by atoms with Crippen molar-refractivity contribution in [3.05, 3.63) is 0 Å². The molecule has 0 rings (SSSR count). The number of aliphatic carboxylic acids is 1. The van der Waals surface area contributed by atoms with Crippen LogP contribution in [-0.2, 0) is 4.79 Å². The molecule has 62 valence electrons. The Kier molecular flexibility index (Phi) is 10.2. The molecule has 10 heavy (non-hydrogen) atoms. The van der Waals surface area contributed by atoms with Gasteiger partial charge in [-0.2, -0.15) is 0 Å². The van der Waals surface area contributed by atoms with Gasteiger partial charge in [0.1, 0.15) is 6.04 Å². The van der Waals surface area contributed by atoms with Gasteiger partial charge in [0.2, 0.25) is 0 Å². The van der Waals surface area contributed by atoms with Crippen LogP contribution in [0.3, 0.4) is 0 Å². The molecule has 1 atom stereocenters. The Morgan fingerprint density at radius 2 is 1.90 bits per heavy atom. The highest BCUT2D eigenvalue weighted by Gasteiger charge is 2.05. The fraction of sp³-hybridized carbons (Fsp3) is 0.833. The molecule has 4 N–H and O–H groups in total. The second-order valence-corrected chi connectivity index (χ2v) is 1.67. The average molecular weight is 149 g/mol. The quantitative estimate of drug-likeness (QED) is 0.508. The van der Waals surface area contributed by atoms with Crippen molar-refractivity contribution in [2.75, 3.05) is 6.61 Å². The first-order chi connectivity index (χ1) is 4.59. The van der Waals surface area contributed by atoms with E-state index in [1.54, 1.807) is 13.8 Å². The number of carboxylic acids is 1. The van der Waals surface area contributed by atoms with Gasteiger partial charge in [-0.1, -0.05) is 6.92 Å². The van der Waals surface area contributed by atoms with E-state index in [1.165, 1.54) is 0 Å².